The Bertz CT molecular complexity index is 1230. The summed E-state index contributed by atoms with van der Waals surface area (Å²) in [5, 5.41) is 50.1. The fourth-order valence-electron chi connectivity index (χ4n) is 3.30. The topological polar surface area (TPSA) is 131 Å². The van der Waals surface area contributed by atoms with E-state index in [1.165, 1.54) is 6.07 Å². The zero-order valence-electron chi connectivity index (χ0n) is 16.8. The lowest BCUT2D eigenvalue weighted by Crippen LogP contribution is -2.07. The number of benzene rings is 2. The molecule has 0 saturated heterocycles. The molecule has 5 N–H and O–H groups in total. The molecule has 30 heavy (non-hydrogen) atoms. The predicted octanol–water partition coefficient (Wildman–Crippen LogP) is 3.97. The molecule has 0 unspecified atom stereocenters. The van der Waals surface area contributed by atoms with Crippen molar-refractivity contribution in [1.82, 2.24) is 0 Å². The summed E-state index contributed by atoms with van der Waals surface area (Å²) in [5.41, 5.74) is 0.857. The molecule has 0 aliphatic carbocycles. The second-order valence-electron chi connectivity index (χ2n) is 7.49. The first kappa shape index (κ1) is 21.3. The van der Waals surface area contributed by atoms with Crippen molar-refractivity contribution in [2.24, 2.45) is 0 Å². The Labute approximate surface area is 172 Å². The monoisotopic (exact) mass is 412 g/mol. The zero-order valence-corrected chi connectivity index (χ0v) is 16.8. The number of hydrogen-bond acceptors (Lipinski definition) is 7. The molecule has 7 nitrogen and oxygen atoms in total. The highest BCUT2D eigenvalue weighted by Crippen LogP contribution is 2.38. The average molecular weight is 412 g/mol. The van der Waals surface area contributed by atoms with E-state index < -0.39 is 17.3 Å². The highest BCUT2D eigenvalue weighted by molar-refractivity contribution is 5.99. The van der Waals surface area contributed by atoms with Crippen molar-refractivity contribution in [3.63, 3.8) is 0 Å². The van der Waals surface area contributed by atoms with Gasteiger partial charge in [0.25, 0.3) is 0 Å². The second kappa shape index (κ2) is 8.12. The molecule has 1 heterocycles. The Morgan fingerprint density at radius 1 is 1.03 bits per heavy atom. The largest absolute Gasteiger partial charge is 0.507 e. The molecule has 158 valence electrons. The van der Waals surface area contributed by atoms with Gasteiger partial charge in [0.1, 0.15) is 33.6 Å². The van der Waals surface area contributed by atoms with Gasteiger partial charge in [0.2, 0.25) is 5.43 Å². The lowest BCUT2D eigenvalue weighted by molar-refractivity contribution is 0.201. The molecule has 0 bridgehead atoms. The van der Waals surface area contributed by atoms with Gasteiger partial charge in [0.05, 0.1) is 6.10 Å². The maximum atomic E-state index is 12.9. The van der Waals surface area contributed by atoms with Crippen LogP contribution in [0, 0.1) is 0 Å². The van der Waals surface area contributed by atoms with E-state index in [-0.39, 0.29) is 51.2 Å². The third kappa shape index (κ3) is 3.84. The lowest BCUT2D eigenvalue weighted by atomic mass is 10.00. The van der Waals surface area contributed by atoms with Crippen LogP contribution in [0.1, 0.15) is 32.3 Å². The molecule has 0 amide bonds. The van der Waals surface area contributed by atoms with Gasteiger partial charge in [-0.3, -0.25) is 4.79 Å². The number of allylic oxidation sites excluding steroid dienone is 2. The first-order valence-corrected chi connectivity index (χ1v) is 9.46. The van der Waals surface area contributed by atoms with Crippen molar-refractivity contribution < 1.29 is 29.9 Å². The summed E-state index contributed by atoms with van der Waals surface area (Å²) in [6, 6.07) is 3.39. The summed E-state index contributed by atoms with van der Waals surface area (Å²) in [4.78, 5) is 12.9. The minimum atomic E-state index is -0.719. The Morgan fingerprint density at radius 2 is 1.67 bits per heavy atom. The number of aliphatic hydroxyl groups excluding tert-OH is 1. The molecular weight excluding hydrogens is 388 g/mol. The van der Waals surface area contributed by atoms with E-state index in [0.717, 1.165) is 17.7 Å². The molecule has 3 aromatic rings. The first-order valence-electron chi connectivity index (χ1n) is 9.46. The third-order valence-corrected chi connectivity index (χ3v) is 5.15. The van der Waals surface area contributed by atoms with E-state index in [0.29, 0.717) is 18.4 Å². The summed E-state index contributed by atoms with van der Waals surface area (Å²) in [6.07, 6.45) is 2.52. The molecular formula is C23H24O7. The van der Waals surface area contributed by atoms with Crippen LogP contribution in [0.4, 0.5) is 0 Å². The van der Waals surface area contributed by atoms with Crippen molar-refractivity contribution >= 4 is 21.9 Å². The minimum absolute atomic E-state index is 0.0723. The summed E-state index contributed by atoms with van der Waals surface area (Å²) < 4.78 is 5.68. The van der Waals surface area contributed by atoms with Crippen LogP contribution in [-0.4, -0.2) is 31.6 Å². The molecule has 1 aromatic heterocycles. The van der Waals surface area contributed by atoms with Gasteiger partial charge in [-0.05, 0) is 45.2 Å². The van der Waals surface area contributed by atoms with E-state index in [4.69, 9.17) is 4.42 Å². The first-order chi connectivity index (χ1) is 14.1. The van der Waals surface area contributed by atoms with Gasteiger partial charge in [0.15, 0.2) is 11.3 Å². The number of phenols is 4. The number of fused-ring (bicyclic) bond motifs is 2. The normalized spacial score (nSPS) is 13.1. The van der Waals surface area contributed by atoms with E-state index in [9.17, 15) is 30.3 Å². The number of rotatable bonds is 6. The van der Waals surface area contributed by atoms with E-state index in [1.807, 2.05) is 13.0 Å². The highest BCUT2D eigenvalue weighted by Gasteiger charge is 2.21. The maximum Gasteiger partial charge on any atom is 0.208 e. The van der Waals surface area contributed by atoms with Crippen molar-refractivity contribution in [3.05, 3.63) is 57.8 Å². The summed E-state index contributed by atoms with van der Waals surface area (Å²) >= 11 is 0. The van der Waals surface area contributed by atoms with Crippen LogP contribution in [0.2, 0.25) is 0 Å². The molecule has 7 heteroatoms. The van der Waals surface area contributed by atoms with Crippen LogP contribution in [-0.2, 0) is 6.42 Å². The summed E-state index contributed by atoms with van der Waals surface area (Å²) in [5.74, 6) is -1.50. The molecule has 3 rings (SSSR count). The number of aliphatic hydroxyl groups is 1. The van der Waals surface area contributed by atoms with Crippen molar-refractivity contribution in [1.29, 1.82) is 0 Å². The lowest BCUT2D eigenvalue weighted by Gasteiger charge is -2.12. The number of phenolic OH excluding ortho intramolecular Hbond substituents is 4. The minimum Gasteiger partial charge on any atom is -0.507 e. The van der Waals surface area contributed by atoms with Gasteiger partial charge in [-0.25, -0.2) is 0 Å². The molecule has 0 aliphatic heterocycles. The zero-order chi connectivity index (χ0) is 22.2. The van der Waals surface area contributed by atoms with Gasteiger partial charge in [-0.15, -0.1) is 0 Å². The Morgan fingerprint density at radius 3 is 2.33 bits per heavy atom. The van der Waals surface area contributed by atoms with E-state index in [1.54, 1.807) is 6.92 Å². The average Bonchev–Trinajstić information content (AvgIpc) is 2.68. The second-order valence-corrected chi connectivity index (χ2v) is 7.49. The summed E-state index contributed by atoms with van der Waals surface area (Å²) in [6.45, 7) is 7.35. The van der Waals surface area contributed by atoms with Gasteiger partial charge in [0, 0.05) is 11.6 Å². The number of hydrogen-bond donors (Lipinski definition) is 5. The Kier molecular flexibility index (Phi) is 5.75. The van der Waals surface area contributed by atoms with E-state index in [2.05, 4.69) is 6.58 Å². The predicted molar refractivity (Wildman–Crippen MR) is 114 cm³/mol. The Balaban J connectivity index is 2.11. The van der Waals surface area contributed by atoms with Gasteiger partial charge < -0.3 is 29.9 Å². The van der Waals surface area contributed by atoms with Crippen molar-refractivity contribution in [2.75, 3.05) is 0 Å². The van der Waals surface area contributed by atoms with Gasteiger partial charge >= 0.3 is 0 Å². The molecule has 0 radical (unpaired) electrons. The van der Waals surface area contributed by atoms with Gasteiger partial charge in [-0.1, -0.05) is 23.8 Å². The van der Waals surface area contributed by atoms with Crippen LogP contribution in [0.3, 0.4) is 0 Å². The maximum absolute atomic E-state index is 12.9. The molecule has 1 atom stereocenters. The fraction of sp³-hybridized carbons (Fsp3) is 0.261. The molecule has 0 saturated carbocycles. The molecule has 2 aromatic carbocycles. The van der Waals surface area contributed by atoms with E-state index >= 15 is 0 Å². The SMILES string of the molecule is C=C(C)[C@H](O)CCC(C)=CCc1c(O)cc(O)c2c(=O)c3c(O)ccc(O)c3oc12. The quantitative estimate of drug-likeness (QED) is 0.235. The fourth-order valence-corrected chi connectivity index (χ4v) is 3.30. The smallest absolute Gasteiger partial charge is 0.208 e. The van der Waals surface area contributed by atoms with Crippen LogP contribution in [0.25, 0.3) is 21.9 Å². The number of aromatic hydroxyl groups is 4. The standard InChI is InChI=1S/C23H24O7/c1-11(2)14(24)7-5-12(3)4-6-13-17(27)10-18(28)20-21(29)19-15(25)8-9-16(26)23(19)30-22(13)20/h4,8-10,14,24-28H,1,5-7H2,2-3H3/t14-/m1/s1. The van der Waals surface area contributed by atoms with Gasteiger partial charge in [-0.2, -0.15) is 0 Å². The van der Waals surface area contributed by atoms with Crippen LogP contribution < -0.4 is 5.43 Å². The summed E-state index contributed by atoms with van der Waals surface area (Å²) in [7, 11) is 0. The highest BCUT2D eigenvalue weighted by atomic mass is 16.4. The third-order valence-electron chi connectivity index (χ3n) is 5.15. The van der Waals surface area contributed by atoms with Crippen LogP contribution in [0.5, 0.6) is 23.0 Å². The van der Waals surface area contributed by atoms with Crippen LogP contribution in [0.15, 0.2) is 51.2 Å². The Hall–Kier alpha value is -3.45. The van der Waals surface area contributed by atoms with Crippen molar-refractivity contribution in [3.8, 4) is 23.0 Å². The molecule has 0 aliphatic rings. The van der Waals surface area contributed by atoms with Crippen molar-refractivity contribution in [2.45, 2.75) is 39.2 Å². The van der Waals surface area contributed by atoms with Crippen LogP contribution >= 0.6 is 0 Å². The molecule has 0 spiro atoms. The molecule has 0 fully saturated rings.